The van der Waals surface area contributed by atoms with E-state index < -0.39 is 10.0 Å². The lowest BCUT2D eigenvalue weighted by Gasteiger charge is -2.29. The molecule has 0 bridgehead atoms. The van der Waals surface area contributed by atoms with Crippen LogP contribution < -0.4 is 4.72 Å². The first-order valence-electron chi connectivity index (χ1n) is 6.23. The van der Waals surface area contributed by atoms with Gasteiger partial charge in [-0.3, -0.25) is 0 Å². The molecule has 0 radical (unpaired) electrons. The first-order valence-corrected chi connectivity index (χ1v) is 8.89. The van der Waals surface area contributed by atoms with Gasteiger partial charge in [-0.25, -0.2) is 18.1 Å². The molecule has 0 aliphatic heterocycles. The molecule has 2 atom stereocenters. The van der Waals surface area contributed by atoms with Crippen LogP contribution in [0.1, 0.15) is 32.6 Å². The maximum Gasteiger partial charge on any atom is 0.243 e. The summed E-state index contributed by atoms with van der Waals surface area (Å²) in [5.74, 6) is 0.349. The van der Waals surface area contributed by atoms with Crippen LogP contribution in [0.4, 0.5) is 0 Å². The number of rotatable bonds is 3. The lowest BCUT2D eigenvalue weighted by Crippen LogP contribution is -2.41. The fraction of sp³-hybridized carbons (Fsp3) is 0.583. The summed E-state index contributed by atoms with van der Waals surface area (Å²) in [5, 5.41) is -0.000775. The monoisotopic (exact) mass is 366 g/mol. The number of sulfonamides is 1. The minimum Gasteiger partial charge on any atom is -0.242 e. The van der Waals surface area contributed by atoms with Gasteiger partial charge in [-0.05, 0) is 40.8 Å². The largest absolute Gasteiger partial charge is 0.243 e. The van der Waals surface area contributed by atoms with Crippen molar-refractivity contribution >= 4 is 37.6 Å². The van der Waals surface area contributed by atoms with Gasteiger partial charge in [0.1, 0.15) is 10.0 Å². The normalized spacial score (nSPS) is 24.4. The predicted molar refractivity (Wildman–Crippen MR) is 78.7 cm³/mol. The molecule has 0 spiro atoms. The summed E-state index contributed by atoms with van der Waals surface area (Å²) in [6, 6.07) is 1.46. The molecule has 1 N–H and O–H groups in total. The van der Waals surface area contributed by atoms with Crippen molar-refractivity contribution in [2.75, 3.05) is 0 Å². The van der Waals surface area contributed by atoms with Crippen molar-refractivity contribution < 1.29 is 8.42 Å². The van der Waals surface area contributed by atoms with Gasteiger partial charge in [0.15, 0.2) is 0 Å². The summed E-state index contributed by atoms with van der Waals surface area (Å²) in [6.45, 7) is 2.08. The van der Waals surface area contributed by atoms with E-state index in [0.29, 0.717) is 10.4 Å². The first kappa shape index (κ1) is 15.2. The van der Waals surface area contributed by atoms with Gasteiger partial charge < -0.3 is 0 Å². The molecule has 7 heteroatoms. The van der Waals surface area contributed by atoms with E-state index in [-0.39, 0.29) is 16.1 Å². The average Bonchev–Trinajstić information content (AvgIpc) is 2.35. The number of hydrogen-bond donors (Lipinski definition) is 1. The number of hydrogen-bond acceptors (Lipinski definition) is 3. The smallest absolute Gasteiger partial charge is 0.242 e. The summed E-state index contributed by atoms with van der Waals surface area (Å²) in [4.78, 5) is 3.89. The molecule has 1 aromatic heterocycles. The van der Waals surface area contributed by atoms with Crippen LogP contribution in [0, 0.1) is 5.92 Å². The van der Waals surface area contributed by atoms with Crippen molar-refractivity contribution in [2.45, 2.75) is 43.5 Å². The average molecular weight is 368 g/mol. The molecule has 1 saturated carbocycles. The lowest BCUT2D eigenvalue weighted by molar-refractivity contribution is 0.310. The van der Waals surface area contributed by atoms with Gasteiger partial charge in [0.2, 0.25) is 10.0 Å². The van der Waals surface area contributed by atoms with Crippen molar-refractivity contribution in [3.05, 3.63) is 21.9 Å². The SMILES string of the molecule is CC1CCCCC1NS(=O)(=O)c1cc(Br)cnc1Cl. The van der Waals surface area contributed by atoms with Crippen LogP contribution in [0.2, 0.25) is 5.15 Å². The highest BCUT2D eigenvalue weighted by Gasteiger charge is 2.28. The van der Waals surface area contributed by atoms with Crippen LogP contribution in [0.15, 0.2) is 21.6 Å². The molecule has 106 valence electrons. The highest BCUT2D eigenvalue weighted by molar-refractivity contribution is 9.10. The molecule has 1 aromatic rings. The Morgan fingerprint density at radius 2 is 2.11 bits per heavy atom. The van der Waals surface area contributed by atoms with Crippen LogP contribution in [0.25, 0.3) is 0 Å². The summed E-state index contributed by atoms with van der Waals surface area (Å²) >= 11 is 9.10. The van der Waals surface area contributed by atoms with Crippen molar-refractivity contribution in [3.63, 3.8) is 0 Å². The first-order chi connectivity index (χ1) is 8.90. The Kier molecular flexibility index (Phi) is 4.87. The second kappa shape index (κ2) is 6.08. The zero-order valence-electron chi connectivity index (χ0n) is 10.6. The third kappa shape index (κ3) is 3.68. The maximum atomic E-state index is 12.4. The number of aromatic nitrogens is 1. The van der Waals surface area contributed by atoms with E-state index in [1.54, 1.807) is 0 Å². The third-order valence-corrected chi connectivity index (χ3v) is 5.83. The molecule has 0 aromatic carbocycles. The summed E-state index contributed by atoms with van der Waals surface area (Å²) < 4.78 is 28.1. The van der Waals surface area contributed by atoms with Gasteiger partial charge in [-0.15, -0.1) is 0 Å². The Labute approximate surface area is 127 Å². The van der Waals surface area contributed by atoms with Gasteiger partial charge in [-0.2, -0.15) is 0 Å². The van der Waals surface area contributed by atoms with Crippen molar-refractivity contribution in [1.29, 1.82) is 0 Å². The molecule has 1 fully saturated rings. The minimum atomic E-state index is -3.62. The number of pyridine rings is 1. The molecule has 0 saturated heterocycles. The van der Waals surface area contributed by atoms with Crippen LogP contribution in [-0.2, 0) is 10.0 Å². The lowest BCUT2D eigenvalue weighted by atomic mass is 9.87. The molecular formula is C12H16BrClN2O2S. The second-order valence-corrected chi connectivity index (χ2v) is 7.89. The molecular weight excluding hydrogens is 352 g/mol. The molecule has 19 heavy (non-hydrogen) atoms. The van der Waals surface area contributed by atoms with E-state index in [0.717, 1.165) is 19.3 Å². The van der Waals surface area contributed by atoms with E-state index in [2.05, 4.69) is 32.6 Å². The Morgan fingerprint density at radius 3 is 2.79 bits per heavy atom. The summed E-state index contributed by atoms with van der Waals surface area (Å²) in [7, 11) is -3.62. The highest BCUT2D eigenvalue weighted by atomic mass is 79.9. The predicted octanol–water partition coefficient (Wildman–Crippen LogP) is 3.35. The van der Waals surface area contributed by atoms with Crippen LogP contribution >= 0.6 is 27.5 Å². The van der Waals surface area contributed by atoms with E-state index in [1.807, 2.05) is 0 Å². The fourth-order valence-corrected chi connectivity index (χ4v) is 4.67. The van der Waals surface area contributed by atoms with E-state index in [4.69, 9.17) is 11.6 Å². The third-order valence-electron chi connectivity index (χ3n) is 3.48. The zero-order valence-corrected chi connectivity index (χ0v) is 13.7. The van der Waals surface area contributed by atoms with Gasteiger partial charge >= 0.3 is 0 Å². The molecule has 2 rings (SSSR count). The van der Waals surface area contributed by atoms with Crippen molar-refractivity contribution in [3.8, 4) is 0 Å². The maximum absolute atomic E-state index is 12.4. The Bertz CT molecular complexity index is 565. The van der Waals surface area contributed by atoms with Crippen LogP contribution in [-0.4, -0.2) is 19.4 Å². The standard InChI is InChI=1S/C12H16BrClN2O2S/c1-8-4-2-3-5-10(8)16-19(17,18)11-6-9(13)7-15-12(11)14/h6-8,10,16H,2-5H2,1H3. The van der Waals surface area contributed by atoms with Gasteiger partial charge in [0, 0.05) is 16.7 Å². The molecule has 1 aliphatic rings. The number of halogens is 2. The number of nitrogens with one attached hydrogen (secondary N) is 1. The van der Waals surface area contributed by atoms with Gasteiger partial charge in [-0.1, -0.05) is 31.4 Å². The quantitative estimate of drug-likeness (QED) is 0.833. The van der Waals surface area contributed by atoms with E-state index >= 15 is 0 Å². The van der Waals surface area contributed by atoms with Crippen molar-refractivity contribution in [1.82, 2.24) is 9.71 Å². The Hall–Kier alpha value is -0.170. The molecule has 2 unspecified atom stereocenters. The van der Waals surface area contributed by atoms with Crippen LogP contribution in [0.3, 0.4) is 0 Å². The highest BCUT2D eigenvalue weighted by Crippen LogP contribution is 2.27. The summed E-state index contributed by atoms with van der Waals surface area (Å²) in [5.41, 5.74) is 0. The Morgan fingerprint density at radius 1 is 1.42 bits per heavy atom. The Balaban J connectivity index is 2.24. The van der Waals surface area contributed by atoms with Crippen LogP contribution in [0.5, 0.6) is 0 Å². The molecule has 0 amide bonds. The number of nitrogens with zero attached hydrogens (tertiary/aromatic N) is 1. The fourth-order valence-electron chi connectivity index (χ4n) is 2.35. The van der Waals surface area contributed by atoms with E-state index in [1.165, 1.54) is 18.7 Å². The molecule has 1 aliphatic carbocycles. The van der Waals surface area contributed by atoms with Gasteiger partial charge in [0.25, 0.3) is 0 Å². The topological polar surface area (TPSA) is 59.1 Å². The molecule has 1 heterocycles. The minimum absolute atomic E-state index is 0.000775. The van der Waals surface area contributed by atoms with Gasteiger partial charge in [0.05, 0.1) is 0 Å². The summed E-state index contributed by atoms with van der Waals surface area (Å²) in [6.07, 6.45) is 5.63. The zero-order chi connectivity index (χ0) is 14.0. The molecule has 4 nitrogen and oxygen atoms in total. The van der Waals surface area contributed by atoms with Crippen molar-refractivity contribution in [2.24, 2.45) is 5.92 Å². The van der Waals surface area contributed by atoms with E-state index in [9.17, 15) is 8.42 Å². The second-order valence-electron chi connectivity index (χ2n) is 4.93.